The van der Waals surface area contributed by atoms with Crippen molar-refractivity contribution in [2.24, 2.45) is 0 Å². The molecule has 0 fully saturated rings. The van der Waals surface area contributed by atoms with Crippen LogP contribution in [0.15, 0.2) is 42.5 Å². The second-order valence-electron chi connectivity index (χ2n) is 3.96. The molecule has 0 aromatic heterocycles. The lowest BCUT2D eigenvalue weighted by atomic mass is 10.1. The summed E-state index contributed by atoms with van der Waals surface area (Å²) < 4.78 is 18.5. The Balaban J connectivity index is 2.17. The second-order valence-corrected chi connectivity index (χ2v) is 3.96. The molecule has 2 rings (SSSR count). The summed E-state index contributed by atoms with van der Waals surface area (Å²) in [6.45, 7) is -0.0399. The maximum atomic E-state index is 13.1. The molecule has 2 aromatic rings. The third-order valence-electron chi connectivity index (χ3n) is 2.61. The molecule has 0 aliphatic carbocycles. The number of nitro benzene ring substituents is 1. The number of nitrogens with zero attached hydrogens (tertiary/aromatic N) is 2. The van der Waals surface area contributed by atoms with Crippen LogP contribution in [0, 0.1) is 27.3 Å². The molecule has 0 spiro atoms. The highest BCUT2D eigenvalue weighted by Crippen LogP contribution is 2.21. The van der Waals surface area contributed by atoms with E-state index >= 15 is 0 Å². The fourth-order valence-corrected chi connectivity index (χ4v) is 1.64. The van der Waals surface area contributed by atoms with Gasteiger partial charge in [-0.15, -0.1) is 0 Å². The van der Waals surface area contributed by atoms with Crippen molar-refractivity contribution in [2.75, 3.05) is 0 Å². The number of non-ortho nitro benzene ring substituents is 1. The van der Waals surface area contributed by atoms with Crippen LogP contribution in [0.2, 0.25) is 0 Å². The van der Waals surface area contributed by atoms with Gasteiger partial charge in [0.25, 0.3) is 5.69 Å². The third-order valence-corrected chi connectivity index (χ3v) is 2.61. The molecule has 0 aliphatic rings. The molecule has 0 N–H and O–H groups in total. The van der Waals surface area contributed by atoms with Gasteiger partial charge in [0.1, 0.15) is 18.2 Å². The lowest BCUT2D eigenvalue weighted by molar-refractivity contribution is -0.384. The molecule has 0 atom stereocenters. The Labute approximate surface area is 114 Å². The van der Waals surface area contributed by atoms with Crippen molar-refractivity contribution in [1.29, 1.82) is 5.26 Å². The number of halogens is 1. The molecule has 5 nitrogen and oxygen atoms in total. The highest BCUT2D eigenvalue weighted by atomic mass is 19.1. The fourth-order valence-electron chi connectivity index (χ4n) is 1.64. The van der Waals surface area contributed by atoms with Crippen LogP contribution >= 0.6 is 0 Å². The molecule has 0 bridgehead atoms. The number of nitro groups is 1. The number of nitriles is 1. The van der Waals surface area contributed by atoms with Gasteiger partial charge in [-0.05, 0) is 24.3 Å². The smallest absolute Gasteiger partial charge is 0.273 e. The SMILES string of the molecule is N#Cc1ccc(F)cc1COc1cccc([N+](=O)[O-])c1. The highest BCUT2D eigenvalue weighted by molar-refractivity contribution is 5.40. The van der Waals surface area contributed by atoms with Crippen molar-refractivity contribution in [2.45, 2.75) is 6.61 Å². The van der Waals surface area contributed by atoms with Crippen LogP contribution in [0.3, 0.4) is 0 Å². The van der Waals surface area contributed by atoms with Gasteiger partial charge in [-0.25, -0.2) is 4.39 Å². The molecule has 2 aromatic carbocycles. The van der Waals surface area contributed by atoms with Gasteiger partial charge in [-0.2, -0.15) is 5.26 Å². The summed E-state index contributed by atoms with van der Waals surface area (Å²) >= 11 is 0. The molecule has 0 heterocycles. The van der Waals surface area contributed by atoms with Crippen molar-refractivity contribution in [1.82, 2.24) is 0 Å². The van der Waals surface area contributed by atoms with E-state index in [0.717, 1.165) is 0 Å². The van der Waals surface area contributed by atoms with E-state index in [-0.39, 0.29) is 18.0 Å². The molecular weight excluding hydrogens is 263 g/mol. The summed E-state index contributed by atoms with van der Waals surface area (Å²) in [7, 11) is 0. The Morgan fingerprint density at radius 3 is 2.80 bits per heavy atom. The highest BCUT2D eigenvalue weighted by Gasteiger charge is 2.08. The van der Waals surface area contributed by atoms with E-state index in [0.29, 0.717) is 11.1 Å². The van der Waals surface area contributed by atoms with Crippen LogP contribution in [-0.2, 0) is 6.61 Å². The summed E-state index contributed by atoms with van der Waals surface area (Å²) in [6.07, 6.45) is 0. The van der Waals surface area contributed by atoms with Crippen molar-refractivity contribution < 1.29 is 14.1 Å². The topological polar surface area (TPSA) is 76.2 Å². The average molecular weight is 272 g/mol. The second kappa shape index (κ2) is 5.80. The number of benzene rings is 2. The van der Waals surface area contributed by atoms with Gasteiger partial charge in [0.2, 0.25) is 0 Å². The fraction of sp³-hybridized carbons (Fsp3) is 0.0714. The molecular formula is C14H9FN2O3. The molecule has 0 aliphatic heterocycles. The number of hydrogen-bond donors (Lipinski definition) is 0. The molecule has 0 saturated carbocycles. The third kappa shape index (κ3) is 3.09. The van der Waals surface area contributed by atoms with E-state index in [2.05, 4.69) is 0 Å². The molecule has 0 unspecified atom stereocenters. The summed E-state index contributed by atoms with van der Waals surface area (Å²) in [5.41, 5.74) is 0.595. The van der Waals surface area contributed by atoms with E-state index in [1.165, 1.54) is 36.4 Å². The van der Waals surface area contributed by atoms with Crippen LogP contribution in [0.25, 0.3) is 0 Å². The van der Waals surface area contributed by atoms with Gasteiger partial charge in [0.15, 0.2) is 0 Å². The van der Waals surface area contributed by atoms with E-state index in [4.69, 9.17) is 10.00 Å². The van der Waals surface area contributed by atoms with Crippen molar-refractivity contribution >= 4 is 5.69 Å². The Morgan fingerprint density at radius 2 is 2.10 bits per heavy atom. The van der Waals surface area contributed by atoms with Crippen LogP contribution in [-0.4, -0.2) is 4.92 Å². The van der Waals surface area contributed by atoms with Crippen LogP contribution in [0.5, 0.6) is 5.75 Å². The zero-order valence-electron chi connectivity index (χ0n) is 10.2. The van der Waals surface area contributed by atoms with Crippen molar-refractivity contribution in [3.05, 3.63) is 69.5 Å². The van der Waals surface area contributed by atoms with Gasteiger partial charge in [-0.1, -0.05) is 6.07 Å². The van der Waals surface area contributed by atoms with E-state index in [1.807, 2.05) is 6.07 Å². The lowest BCUT2D eigenvalue weighted by Crippen LogP contribution is -1.99. The first kappa shape index (κ1) is 13.5. The van der Waals surface area contributed by atoms with Crippen molar-refractivity contribution in [3.8, 4) is 11.8 Å². The first-order valence-corrected chi connectivity index (χ1v) is 5.66. The zero-order valence-corrected chi connectivity index (χ0v) is 10.2. The molecule has 0 amide bonds. The van der Waals surface area contributed by atoms with Crippen molar-refractivity contribution in [3.63, 3.8) is 0 Å². The van der Waals surface area contributed by atoms with Crippen LogP contribution in [0.4, 0.5) is 10.1 Å². The van der Waals surface area contributed by atoms with Gasteiger partial charge in [0.05, 0.1) is 22.6 Å². The largest absolute Gasteiger partial charge is 0.489 e. The minimum Gasteiger partial charge on any atom is -0.489 e. The summed E-state index contributed by atoms with van der Waals surface area (Å²) in [5, 5.41) is 19.5. The Hall–Kier alpha value is -2.94. The number of hydrogen-bond acceptors (Lipinski definition) is 4. The predicted molar refractivity (Wildman–Crippen MR) is 68.5 cm³/mol. The monoisotopic (exact) mass is 272 g/mol. The Bertz CT molecular complexity index is 695. The summed E-state index contributed by atoms with van der Waals surface area (Å²) in [5.74, 6) is -0.186. The van der Waals surface area contributed by atoms with Gasteiger partial charge >= 0.3 is 0 Å². The molecule has 100 valence electrons. The van der Waals surface area contributed by atoms with Gasteiger partial charge < -0.3 is 4.74 Å². The summed E-state index contributed by atoms with van der Waals surface area (Å²) in [6, 6.07) is 11.3. The van der Waals surface area contributed by atoms with E-state index in [9.17, 15) is 14.5 Å². The average Bonchev–Trinajstić information content (AvgIpc) is 2.45. The molecule has 6 heteroatoms. The lowest BCUT2D eigenvalue weighted by Gasteiger charge is -2.07. The number of rotatable bonds is 4. The maximum Gasteiger partial charge on any atom is 0.273 e. The minimum absolute atomic E-state index is 0.0399. The van der Waals surface area contributed by atoms with Crippen LogP contribution < -0.4 is 4.74 Å². The van der Waals surface area contributed by atoms with Gasteiger partial charge in [0, 0.05) is 11.6 Å². The van der Waals surface area contributed by atoms with E-state index in [1.54, 1.807) is 6.07 Å². The Kier molecular flexibility index (Phi) is 3.91. The maximum absolute atomic E-state index is 13.1. The first-order chi connectivity index (χ1) is 9.60. The van der Waals surface area contributed by atoms with Crippen LogP contribution in [0.1, 0.15) is 11.1 Å². The molecule has 0 radical (unpaired) electrons. The number of ether oxygens (including phenoxy) is 1. The quantitative estimate of drug-likeness (QED) is 0.632. The molecule has 20 heavy (non-hydrogen) atoms. The Morgan fingerprint density at radius 1 is 1.30 bits per heavy atom. The summed E-state index contributed by atoms with van der Waals surface area (Å²) in [4.78, 5) is 10.1. The van der Waals surface area contributed by atoms with E-state index < -0.39 is 10.7 Å². The normalized spacial score (nSPS) is 9.80. The molecule has 0 saturated heterocycles. The minimum atomic E-state index is -0.532. The standard InChI is InChI=1S/C14H9FN2O3/c15-12-5-4-10(8-16)11(6-12)9-20-14-3-1-2-13(7-14)17(18)19/h1-7H,9H2. The van der Waals surface area contributed by atoms with Gasteiger partial charge in [-0.3, -0.25) is 10.1 Å². The first-order valence-electron chi connectivity index (χ1n) is 5.66. The predicted octanol–water partition coefficient (Wildman–Crippen LogP) is 3.18. The zero-order chi connectivity index (χ0) is 14.5.